The van der Waals surface area contributed by atoms with E-state index in [0.29, 0.717) is 17.4 Å². The maximum atomic E-state index is 12.8. The molecule has 1 atom stereocenters. The number of thiophene rings is 1. The van der Waals surface area contributed by atoms with E-state index in [2.05, 4.69) is 15.9 Å². The summed E-state index contributed by atoms with van der Waals surface area (Å²) in [6.07, 6.45) is 1.96. The molecule has 0 radical (unpaired) electrons. The number of nitrogens with zero attached hydrogens (tertiary/aromatic N) is 1. The lowest BCUT2D eigenvalue weighted by atomic mass is 10.2. The van der Waals surface area contributed by atoms with Crippen LogP contribution in [0.3, 0.4) is 0 Å². The van der Waals surface area contributed by atoms with E-state index < -0.39 is 25.9 Å². The third kappa shape index (κ3) is 3.87. The third-order valence-corrected chi connectivity index (χ3v) is 9.82. The van der Waals surface area contributed by atoms with Crippen LogP contribution in [0.25, 0.3) is 0 Å². The molecule has 1 aromatic heterocycles. The molecule has 0 amide bonds. The van der Waals surface area contributed by atoms with Crippen molar-refractivity contribution in [3.63, 3.8) is 0 Å². The van der Waals surface area contributed by atoms with Crippen LogP contribution in [0.5, 0.6) is 0 Å². The summed E-state index contributed by atoms with van der Waals surface area (Å²) < 4.78 is 51.2. The summed E-state index contributed by atoms with van der Waals surface area (Å²) in [5.41, 5.74) is 0. The van der Waals surface area contributed by atoms with Crippen LogP contribution in [0.4, 0.5) is 0 Å². The van der Waals surface area contributed by atoms with Gasteiger partial charge in [0.2, 0.25) is 0 Å². The van der Waals surface area contributed by atoms with Crippen molar-refractivity contribution in [2.75, 3.05) is 18.1 Å². The topological polar surface area (TPSA) is 71.5 Å². The predicted molar refractivity (Wildman–Crippen MR) is 87.9 cm³/mol. The number of halogens is 1. The normalized spacial score (nSPS) is 22.0. The van der Waals surface area contributed by atoms with Gasteiger partial charge in [0.15, 0.2) is 9.84 Å². The Labute approximate surface area is 138 Å². The van der Waals surface area contributed by atoms with E-state index in [-0.39, 0.29) is 15.7 Å². The Bertz CT molecular complexity index is 696. The Morgan fingerprint density at radius 1 is 1.48 bits per heavy atom. The molecule has 1 saturated heterocycles. The molecule has 5 nitrogen and oxygen atoms in total. The highest BCUT2D eigenvalue weighted by Gasteiger charge is 2.39. The molecular weight excluding hydrogens is 398 g/mol. The van der Waals surface area contributed by atoms with Crippen LogP contribution in [-0.4, -0.2) is 45.2 Å². The molecule has 1 aliphatic rings. The first-order valence-corrected chi connectivity index (χ1v) is 11.7. The predicted octanol–water partition coefficient (Wildman–Crippen LogP) is 2.49. The van der Waals surface area contributed by atoms with Gasteiger partial charge < -0.3 is 0 Å². The number of sulfonamides is 1. The van der Waals surface area contributed by atoms with Crippen molar-refractivity contribution in [2.24, 2.45) is 0 Å². The first-order chi connectivity index (χ1) is 9.78. The van der Waals surface area contributed by atoms with E-state index in [0.717, 1.165) is 24.2 Å². The van der Waals surface area contributed by atoms with Crippen molar-refractivity contribution >= 4 is 47.1 Å². The third-order valence-electron chi connectivity index (χ3n) is 3.48. The highest BCUT2D eigenvalue weighted by atomic mass is 79.9. The summed E-state index contributed by atoms with van der Waals surface area (Å²) in [6, 6.07) is 1.25. The fraction of sp³-hybridized carbons (Fsp3) is 0.667. The van der Waals surface area contributed by atoms with Gasteiger partial charge in [-0.3, -0.25) is 0 Å². The van der Waals surface area contributed by atoms with Gasteiger partial charge in [0.25, 0.3) is 10.0 Å². The van der Waals surface area contributed by atoms with E-state index in [1.54, 1.807) is 11.4 Å². The van der Waals surface area contributed by atoms with Gasteiger partial charge in [-0.25, -0.2) is 16.8 Å². The molecule has 2 rings (SSSR count). The molecule has 1 aromatic rings. The lowest BCUT2D eigenvalue weighted by Gasteiger charge is -2.26. The minimum Gasteiger partial charge on any atom is -0.229 e. The molecule has 1 fully saturated rings. The molecule has 1 unspecified atom stereocenters. The van der Waals surface area contributed by atoms with Gasteiger partial charge in [-0.05, 0) is 40.2 Å². The summed E-state index contributed by atoms with van der Waals surface area (Å²) in [5.74, 6) is 0.000357. The summed E-state index contributed by atoms with van der Waals surface area (Å²) in [6.45, 7) is 2.35. The Morgan fingerprint density at radius 2 is 2.19 bits per heavy atom. The monoisotopic (exact) mass is 415 g/mol. The number of rotatable bonds is 6. The number of sulfone groups is 1. The average Bonchev–Trinajstić information content (AvgIpc) is 2.96. The lowest BCUT2D eigenvalue weighted by molar-refractivity contribution is 0.335. The van der Waals surface area contributed by atoms with Crippen molar-refractivity contribution < 1.29 is 16.8 Å². The van der Waals surface area contributed by atoms with Gasteiger partial charge in [-0.2, -0.15) is 4.31 Å². The Balaban J connectivity index is 2.34. The van der Waals surface area contributed by atoms with Gasteiger partial charge in [-0.15, -0.1) is 11.3 Å². The zero-order valence-corrected chi connectivity index (χ0v) is 15.7. The molecular formula is C12H18BrNO4S3. The van der Waals surface area contributed by atoms with Crippen LogP contribution < -0.4 is 0 Å². The summed E-state index contributed by atoms with van der Waals surface area (Å²) in [4.78, 5) is 0. The highest BCUT2D eigenvalue weighted by Crippen LogP contribution is 2.33. The van der Waals surface area contributed by atoms with Crippen LogP contribution in [-0.2, 0) is 19.9 Å². The van der Waals surface area contributed by atoms with Gasteiger partial charge in [0.1, 0.15) is 4.21 Å². The van der Waals surface area contributed by atoms with Crippen LogP contribution >= 0.6 is 27.3 Å². The fourth-order valence-corrected chi connectivity index (χ4v) is 8.33. The van der Waals surface area contributed by atoms with E-state index in [1.807, 2.05) is 6.92 Å². The van der Waals surface area contributed by atoms with E-state index in [9.17, 15) is 16.8 Å². The SMILES string of the molecule is CCCCN(C1CCS(=O)(=O)C1)S(=O)(=O)c1sccc1Br. The second-order valence-corrected chi connectivity index (χ2v) is 11.2. The molecule has 9 heteroatoms. The molecule has 0 bridgehead atoms. The van der Waals surface area contributed by atoms with Crippen LogP contribution in [0.15, 0.2) is 20.1 Å². The first kappa shape index (κ1) is 17.4. The number of unbranched alkanes of at least 4 members (excludes halogenated alkanes) is 1. The lowest BCUT2D eigenvalue weighted by Crippen LogP contribution is -2.41. The maximum absolute atomic E-state index is 12.8. The van der Waals surface area contributed by atoms with E-state index in [4.69, 9.17) is 0 Å². The van der Waals surface area contributed by atoms with Crippen molar-refractivity contribution in [3.8, 4) is 0 Å². The molecule has 21 heavy (non-hydrogen) atoms. The van der Waals surface area contributed by atoms with Crippen molar-refractivity contribution in [2.45, 2.75) is 36.4 Å². The Kier molecular flexibility index (Phi) is 5.51. The van der Waals surface area contributed by atoms with Gasteiger partial charge in [0.05, 0.1) is 11.5 Å². The summed E-state index contributed by atoms with van der Waals surface area (Å²) in [5, 5.41) is 1.71. The van der Waals surface area contributed by atoms with Crippen molar-refractivity contribution in [3.05, 3.63) is 15.9 Å². The molecule has 2 heterocycles. The molecule has 0 aliphatic carbocycles. The summed E-state index contributed by atoms with van der Waals surface area (Å²) in [7, 11) is -6.77. The largest absolute Gasteiger partial charge is 0.253 e. The van der Waals surface area contributed by atoms with Crippen LogP contribution in [0.2, 0.25) is 0 Å². The summed E-state index contributed by atoms with van der Waals surface area (Å²) >= 11 is 4.41. The van der Waals surface area contributed by atoms with Crippen molar-refractivity contribution in [1.29, 1.82) is 0 Å². The molecule has 120 valence electrons. The smallest absolute Gasteiger partial charge is 0.229 e. The molecule has 1 aliphatic heterocycles. The fourth-order valence-electron chi connectivity index (χ4n) is 2.39. The van der Waals surface area contributed by atoms with E-state index >= 15 is 0 Å². The zero-order chi connectivity index (χ0) is 15.7. The van der Waals surface area contributed by atoms with Gasteiger partial charge in [-0.1, -0.05) is 13.3 Å². The minimum absolute atomic E-state index is 0.0705. The minimum atomic E-state index is -3.65. The molecule has 0 N–H and O–H groups in total. The second kappa shape index (κ2) is 6.66. The molecule has 0 spiro atoms. The second-order valence-electron chi connectivity index (χ2n) is 5.08. The average molecular weight is 416 g/mol. The number of hydrogen-bond acceptors (Lipinski definition) is 5. The highest BCUT2D eigenvalue weighted by molar-refractivity contribution is 9.10. The first-order valence-electron chi connectivity index (χ1n) is 6.73. The molecule has 0 aromatic carbocycles. The Hall–Kier alpha value is 0.0400. The van der Waals surface area contributed by atoms with E-state index in [1.165, 1.54) is 4.31 Å². The Morgan fingerprint density at radius 3 is 2.67 bits per heavy atom. The quantitative estimate of drug-likeness (QED) is 0.715. The van der Waals surface area contributed by atoms with Crippen LogP contribution in [0.1, 0.15) is 26.2 Å². The standard InChI is InChI=1S/C12H18BrNO4S3/c1-2-3-6-14(10-5-8-20(15,16)9-10)21(17,18)12-11(13)4-7-19-12/h4,7,10H,2-3,5-6,8-9H2,1H3. The zero-order valence-electron chi connectivity index (χ0n) is 11.7. The van der Waals surface area contributed by atoms with Crippen LogP contribution in [0, 0.1) is 0 Å². The molecule has 0 saturated carbocycles. The van der Waals surface area contributed by atoms with Crippen molar-refractivity contribution in [1.82, 2.24) is 4.31 Å². The van der Waals surface area contributed by atoms with Gasteiger partial charge >= 0.3 is 0 Å². The number of hydrogen-bond donors (Lipinski definition) is 0. The van der Waals surface area contributed by atoms with Gasteiger partial charge in [0, 0.05) is 17.1 Å². The maximum Gasteiger partial charge on any atom is 0.253 e.